The number of rotatable bonds is 6. The Hall–Kier alpha value is -0.120. The van der Waals surface area contributed by atoms with Crippen LogP contribution in [0.15, 0.2) is 0 Å². The van der Waals surface area contributed by atoms with Gasteiger partial charge in [-0.25, -0.2) is 0 Å². The number of ether oxygens (including phenoxy) is 2. The second kappa shape index (κ2) is 8.13. The fraction of sp³-hybridized carbons (Fsp3) is 1.00. The van der Waals surface area contributed by atoms with E-state index in [2.05, 4.69) is 12.4 Å². The molecule has 3 heteroatoms. The van der Waals surface area contributed by atoms with Crippen molar-refractivity contribution in [3.05, 3.63) is 0 Å². The lowest BCUT2D eigenvalue weighted by Crippen LogP contribution is -2.39. The molecule has 3 nitrogen and oxygen atoms in total. The Balaban J connectivity index is 1.63. The van der Waals surface area contributed by atoms with E-state index in [-0.39, 0.29) is 0 Å². The van der Waals surface area contributed by atoms with Gasteiger partial charge in [-0.05, 0) is 44.6 Å². The van der Waals surface area contributed by atoms with Gasteiger partial charge in [-0.3, -0.25) is 0 Å². The van der Waals surface area contributed by atoms with Gasteiger partial charge in [0.05, 0.1) is 6.61 Å². The van der Waals surface area contributed by atoms with Gasteiger partial charge in [0.1, 0.15) is 0 Å². The van der Waals surface area contributed by atoms with Gasteiger partial charge < -0.3 is 14.8 Å². The Morgan fingerprint density at radius 2 is 1.83 bits per heavy atom. The molecule has 0 aromatic heterocycles. The van der Waals surface area contributed by atoms with Gasteiger partial charge in [0.2, 0.25) is 0 Å². The van der Waals surface area contributed by atoms with E-state index in [0.717, 1.165) is 38.3 Å². The molecule has 1 aliphatic carbocycles. The zero-order valence-corrected chi connectivity index (χ0v) is 11.8. The maximum Gasteiger partial charge on any atom is 0.0622 e. The molecule has 1 N–H and O–H groups in total. The molecule has 0 aromatic rings. The predicted octanol–water partition coefficient (Wildman–Crippen LogP) is 2.60. The summed E-state index contributed by atoms with van der Waals surface area (Å²) in [5, 5.41) is 3.46. The molecule has 0 radical (unpaired) electrons. The average Bonchev–Trinajstić information content (AvgIpc) is 2.46. The van der Waals surface area contributed by atoms with Crippen LogP contribution in [0, 0.1) is 11.8 Å². The van der Waals surface area contributed by atoms with Gasteiger partial charge >= 0.3 is 0 Å². The van der Waals surface area contributed by atoms with Crippen LogP contribution >= 0.6 is 0 Å². The average molecular weight is 255 g/mol. The van der Waals surface area contributed by atoms with E-state index in [1.165, 1.54) is 44.9 Å². The van der Waals surface area contributed by atoms with Crippen LogP contribution in [0.5, 0.6) is 0 Å². The lowest BCUT2D eigenvalue weighted by molar-refractivity contribution is 0.00983. The molecule has 2 rings (SSSR count). The monoisotopic (exact) mass is 255 g/mol. The van der Waals surface area contributed by atoms with Crippen LogP contribution in [-0.4, -0.2) is 39.5 Å². The molecule has 106 valence electrons. The first-order valence-corrected chi connectivity index (χ1v) is 7.73. The minimum absolute atomic E-state index is 0.560. The molecule has 1 heterocycles. The molecule has 0 aromatic carbocycles. The highest BCUT2D eigenvalue weighted by Crippen LogP contribution is 2.26. The lowest BCUT2D eigenvalue weighted by Gasteiger charge is -2.30. The van der Waals surface area contributed by atoms with E-state index < -0.39 is 0 Å². The summed E-state index contributed by atoms with van der Waals surface area (Å²) in [6, 6.07) is 0.560. The summed E-state index contributed by atoms with van der Waals surface area (Å²) in [7, 11) is 2.08. The summed E-state index contributed by atoms with van der Waals surface area (Å²) in [6.07, 6.45) is 9.35. The van der Waals surface area contributed by atoms with Crippen LogP contribution in [0.25, 0.3) is 0 Å². The largest absolute Gasteiger partial charge is 0.381 e. The van der Waals surface area contributed by atoms with Crippen molar-refractivity contribution >= 4 is 0 Å². The van der Waals surface area contributed by atoms with Crippen LogP contribution in [0.1, 0.15) is 44.9 Å². The Labute approximate surface area is 112 Å². The molecule has 0 bridgehead atoms. The topological polar surface area (TPSA) is 30.5 Å². The molecule has 2 aliphatic rings. The van der Waals surface area contributed by atoms with Crippen LogP contribution in [0.4, 0.5) is 0 Å². The summed E-state index contributed by atoms with van der Waals surface area (Å²) < 4.78 is 11.3. The second-order valence-corrected chi connectivity index (χ2v) is 5.89. The molecule has 1 saturated carbocycles. The maximum atomic E-state index is 5.96. The van der Waals surface area contributed by atoms with Crippen molar-refractivity contribution in [1.82, 2.24) is 5.32 Å². The Morgan fingerprint density at radius 1 is 1.11 bits per heavy atom. The van der Waals surface area contributed by atoms with Crippen molar-refractivity contribution in [2.45, 2.75) is 51.0 Å². The van der Waals surface area contributed by atoms with Crippen LogP contribution < -0.4 is 5.32 Å². The quantitative estimate of drug-likeness (QED) is 0.791. The molecule has 1 aliphatic heterocycles. The van der Waals surface area contributed by atoms with Crippen molar-refractivity contribution in [3.8, 4) is 0 Å². The minimum atomic E-state index is 0.560. The molecule has 18 heavy (non-hydrogen) atoms. The SMILES string of the molecule is CNC(COCC1CCOCC1)C1CCCCC1. The molecule has 1 saturated heterocycles. The molecule has 2 fully saturated rings. The predicted molar refractivity (Wildman–Crippen MR) is 73.8 cm³/mol. The van der Waals surface area contributed by atoms with E-state index in [1.54, 1.807) is 0 Å². The molecular weight excluding hydrogens is 226 g/mol. The summed E-state index contributed by atoms with van der Waals surface area (Å²) >= 11 is 0. The van der Waals surface area contributed by atoms with Gasteiger partial charge in [0.25, 0.3) is 0 Å². The van der Waals surface area contributed by atoms with E-state index in [9.17, 15) is 0 Å². The smallest absolute Gasteiger partial charge is 0.0622 e. The Morgan fingerprint density at radius 3 is 2.50 bits per heavy atom. The first kappa shape index (κ1) is 14.3. The summed E-state index contributed by atoms with van der Waals surface area (Å²) in [5.41, 5.74) is 0. The Bertz CT molecular complexity index is 211. The van der Waals surface area contributed by atoms with Gasteiger partial charge in [-0.15, -0.1) is 0 Å². The number of hydrogen-bond donors (Lipinski definition) is 1. The van der Waals surface area contributed by atoms with Gasteiger partial charge in [-0.2, -0.15) is 0 Å². The van der Waals surface area contributed by atoms with Gasteiger partial charge in [0, 0.05) is 25.9 Å². The molecule has 1 unspecified atom stereocenters. The Kier molecular flexibility index (Phi) is 6.46. The van der Waals surface area contributed by atoms with Gasteiger partial charge in [0.15, 0.2) is 0 Å². The van der Waals surface area contributed by atoms with E-state index in [4.69, 9.17) is 9.47 Å². The summed E-state index contributed by atoms with van der Waals surface area (Å²) in [4.78, 5) is 0. The third-order valence-electron chi connectivity index (χ3n) is 4.58. The minimum Gasteiger partial charge on any atom is -0.381 e. The van der Waals surface area contributed by atoms with E-state index in [0.29, 0.717) is 6.04 Å². The van der Waals surface area contributed by atoms with Crippen molar-refractivity contribution in [2.75, 3.05) is 33.5 Å². The highest BCUT2D eigenvalue weighted by Gasteiger charge is 2.23. The first-order chi connectivity index (χ1) is 8.90. The normalized spacial score (nSPS) is 25.2. The zero-order valence-electron chi connectivity index (χ0n) is 11.8. The van der Waals surface area contributed by atoms with Crippen LogP contribution in [-0.2, 0) is 9.47 Å². The van der Waals surface area contributed by atoms with Crippen molar-refractivity contribution in [1.29, 1.82) is 0 Å². The maximum absolute atomic E-state index is 5.96. The highest BCUT2D eigenvalue weighted by atomic mass is 16.5. The molecular formula is C15H29NO2. The summed E-state index contributed by atoms with van der Waals surface area (Å²) in [5.74, 6) is 1.56. The third kappa shape index (κ3) is 4.52. The highest BCUT2D eigenvalue weighted by molar-refractivity contribution is 4.78. The fourth-order valence-electron chi connectivity index (χ4n) is 3.27. The third-order valence-corrected chi connectivity index (χ3v) is 4.58. The first-order valence-electron chi connectivity index (χ1n) is 7.73. The van der Waals surface area contributed by atoms with Crippen molar-refractivity contribution < 1.29 is 9.47 Å². The standard InChI is InChI=1S/C15H29NO2/c1-16-15(14-5-3-2-4-6-14)12-18-11-13-7-9-17-10-8-13/h13-16H,2-12H2,1H3. The zero-order chi connectivity index (χ0) is 12.6. The number of likely N-dealkylation sites (N-methyl/N-ethyl adjacent to an activating group) is 1. The molecule has 0 spiro atoms. The fourth-order valence-corrected chi connectivity index (χ4v) is 3.27. The number of hydrogen-bond acceptors (Lipinski definition) is 3. The molecule has 1 atom stereocenters. The molecule has 0 amide bonds. The van der Waals surface area contributed by atoms with Gasteiger partial charge in [-0.1, -0.05) is 19.3 Å². The van der Waals surface area contributed by atoms with E-state index in [1.807, 2.05) is 0 Å². The van der Waals surface area contributed by atoms with Crippen molar-refractivity contribution in [3.63, 3.8) is 0 Å². The van der Waals surface area contributed by atoms with E-state index >= 15 is 0 Å². The summed E-state index contributed by atoms with van der Waals surface area (Å²) in [6.45, 7) is 3.66. The number of nitrogens with one attached hydrogen (secondary N) is 1. The van der Waals surface area contributed by atoms with Crippen molar-refractivity contribution in [2.24, 2.45) is 11.8 Å². The van der Waals surface area contributed by atoms with Crippen LogP contribution in [0.2, 0.25) is 0 Å². The second-order valence-electron chi connectivity index (χ2n) is 5.89. The van der Waals surface area contributed by atoms with Crippen LogP contribution in [0.3, 0.4) is 0 Å². The lowest BCUT2D eigenvalue weighted by atomic mass is 9.84.